The summed E-state index contributed by atoms with van der Waals surface area (Å²) in [5.41, 5.74) is 2.35. The summed E-state index contributed by atoms with van der Waals surface area (Å²) in [4.78, 5) is 49.9. The van der Waals surface area contributed by atoms with E-state index in [2.05, 4.69) is 15.0 Å². The number of aryl methyl sites for hydroxylation is 1. The zero-order valence-corrected chi connectivity index (χ0v) is 17.8. The van der Waals surface area contributed by atoms with Crippen molar-refractivity contribution in [3.8, 4) is 0 Å². The number of hydrogen-bond donors (Lipinski definition) is 2. The number of Topliss-reactive ketones (excluding diaryl/α,β-unsaturated/α-hetero) is 1. The van der Waals surface area contributed by atoms with Gasteiger partial charge in [-0.3, -0.25) is 14.5 Å². The van der Waals surface area contributed by atoms with Crippen molar-refractivity contribution in [1.82, 2.24) is 19.9 Å². The number of carbonyl (C=O) groups excluding carboxylic acids is 2. The van der Waals surface area contributed by atoms with E-state index in [4.69, 9.17) is 4.74 Å². The maximum atomic E-state index is 13.2. The lowest BCUT2D eigenvalue weighted by Crippen LogP contribution is -2.39. The molecule has 1 atom stereocenters. The highest BCUT2D eigenvalue weighted by molar-refractivity contribution is 6.03. The highest BCUT2D eigenvalue weighted by Gasteiger charge is 2.28. The van der Waals surface area contributed by atoms with Crippen molar-refractivity contribution in [1.29, 1.82) is 0 Å². The van der Waals surface area contributed by atoms with Crippen LogP contribution in [0.5, 0.6) is 0 Å². The van der Waals surface area contributed by atoms with Gasteiger partial charge in [0.05, 0.1) is 41.9 Å². The van der Waals surface area contributed by atoms with E-state index in [9.17, 15) is 14.4 Å². The molecule has 2 aromatic heterocycles. The van der Waals surface area contributed by atoms with Gasteiger partial charge in [-0.1, -0.05) is 19.1 Å². The van der Waals surface area contributed by atoms with Crippen LogP contribution in [0.3, 0.4) is 0 Å². The van der Waals surface area contributed by atoms with Crippen molar-refractivity contribution in [3.05, 3.63) is 63.0 Å². The highest BCUT2D eigenvalue weighted by atomic mass is 16.5. The van der Waals surface area contributed by atoms with E-state index in [-0.39, 0.29) is 11.3 Å². The largest absolute Gasteiger partial charge is 0.465 e. The van der Waals surface area contributed by atoms with Crippen LogP contribution in [0.1, 0.15) is 51.8 Å². The third-order valence-electron chi connectivity index (χ3n) is 5.42. The number of benzene rings is 1. The van der Waals surface area contributed by atoms with Gasteiger partial charge < -0.3 is 14.7 Å². The van der Waals surface area contributed by atoms with Crippen molar-refractivity contribution in [2.24, 2.45) is 0 Å². The number of esters is 1. The molecule has 8 nitrogen and oxygen atoms in total. The number of nitrogens with zero attached hydrogens (tertiary/aromatic N) is 2. The number of fused-ring (bicyclic) bond motifs is 1. The summed E-state index contributed by atoms with van der Waals surface area (Å²) in [6.45, 7) is 8.10. The summed E-state index contributed by atoms with van der Waals surface area (Å²) in [6, 6.07) is 6.65. The molecule has 0 aliphatic rings. The molecule has 2 heterocycles. The van der Waals surface area contributed by atoms with Gasteiger partial charge in [-0.05, 0) is 45.0 Å². The fourth-order valence-electron chi connectivity index (χ4n) is 3.70. The lowest BCUT2D eigenvalue weighted by Gasteiger charge is -2.26. The monoisotopic (exact) mass is 410 g/mol. The number of H-pyrrole nitrogens is 2. The predicted molar refractivity (Wildman–Crippen MR) is 114 cm³/mol. The standard InChI is InChI=1S/C22H26N4O4/c1-6-26(11-17-24-16-10-8-7-9-15(16)21(28)25-17)14(4)20(27)19-12(2)18(13(3)23-19)22(29)30-5/h7-10,14,23H,6,11H2,1-5H3,(H,24,25,28). The number of ketones is 1. The Hall–Kier alpha value is -3.26. The molecule has 3 rings (SSSR count). The van der Waals surface area contributed by atoms with Crippen molar-refractivity contribution in [2.75, 3.05) is 13.7 Å². The van der Waals surface area contributed by atoms with Gasteiger partial charge in [0.25, 0.3) is 5.56 Å². The molecule has 0 fully saturated rings. The van der Waals surface area contributed by atoms with Crippen LogP contribution >= 0.6 is 0 Å². The molecule has 0 saturated heterocycles. The number of nitrogens with one attached hydrogen (secondary N) is 2. The maximum Gasteiger partial charge on any atom is 0.339 e. The Morgan fingerprint density at radius 1 is 1.20 bits per heavy atom. The van der Waals surface area contributed by atoms with E-state index in [1.807, 2.05) is 17.9 Å². The molecular formula is C22H26N4O4. The second-order valence-electron chi connectivity index (χ2n) is 7.25. The Morgan fingerprint density at radius 2 is 1.90 bits per heavy atom. The molecular weight excluding hydrogens is 384 g/mol. The second kappa shape index (κ2) is 8.62. The van der Waals surface area contributed by atoms with Crippen LogP contribution in [0.4, 0.5) is 0 Å². The molecule has 3 aromatic rings. The van der Waals surface area contributed by atoms with Crippen molar-refractivity contribution in [2.45, 2.75) is 40.3 Å². The lowest BCUT2D eigenvalue weighted by atomic mass is 10.0. The van der Waals surface area contributed by atoms with Crippen molar-refractivity contribution in [3.63, 3.8) is 0 Å². The number of hydrogen-bond acceptors (Lipinski definition) is 6. The fraction of sp³-hybridized carbons (Fsp3) is 0.364. The van der Waals surface area contributed by atoms with E-state index in [1.54, 1.807) is 39.0 Å². The Kier molecular flexibility index (Phi) is 6.17. The number of carbonyl (C=O) groups is 2. The molecule has 0 aliphatic heterocycles. The molecule has 30 heavy (non-hydrogen) atoms. The van der Waals surface area contributed by atoms with E-state index in [0.717, 1.165) is 0 Å². The summed E-state index contributed by atoms with van der Waals surface area (Å²) in [6.07, 6.45) is 0. The zero-order chi connectivity index (χ0) is 22.0. The maximum absolute atomic E-state index is 13.2. The topological polar surface area (TPSA) is 108 Å². The molecule has 0 bridgehead atoms. The minimum Gasteiger partial charge on any atom is -0.465 e. The summed E-state index contributed by atoms with van der Waals surface area (Å²) >= 11 is 0. The summed E-state index contributed by atoms with van der Waals surface area (Å²) in [5.74, 6) is -0.121. The van der Waals surface area contributed by atoms with E-state index >= 15 is 0 Å². The number of aromatic nitrogens is 3. The van der Waals surface area contributed by atoms with Crippen LogP contribution in [0.15, 0.2) is 29.1 Å². The van der Waals surface area contributed by atoms with Crippen LogP contribution in [-0.2, 0) is 11.3 Å². The number of methoxy groups -OCH3 is 1. The number of aromatic amines is 2. The first-order valence-corrected chi connectivity index (χ1v) is 9.82. The molecule has 2 N–H and O–H groups in total. The molecule has 0 spiro atoms. The Labute approximate surface area is 174 Å². The SMILES string of the molecule is CCN(Cc1nc2ccccc2c(=O)[nH]1)C(C)C(=O)c1[nH]c(C)c(C(=O)OC)c1C. The van der Waals surface area contributed by atoms with Crippen LogP contribution in [0.2, 0.25) is 0 Å². The third-order valence-corrected chi connectivity index (χ3v) is 5.42. The number of para-hydroxylation sites is 1. The molecule has 158 valence electrons. The molecule has 1 unspecified atom stereocenters. The predicted octanol–water partition coefficient (Wildman–Crippen LogP) is 2.75. The first kappa shape index (κ1) is 21.4. The molecule has 0 saturated carbocycles. The number of rotatable bonds is 7. The van der Waals surface area contributed by atoms with Crippen molar-refractivity contribution >= 4 is 22.7 Å². The second-order valence-corrected chi connectivity index (χ2v) is 7.25. The van der Waals surface area contributed by atoms with Crippen LogP contribution in [0.25, 0.3) is 10.9 Å². The zero-order valence-electron chi connectivity index (χ0n) is 17.8. The lowest BCUT2D eigenvalue weighted by molar-refractivity contribution is 0.0599. The molecule has 8 heteroatoms. The molecule has 0 amide bonds. The third kappa shape index (κ3) is 3.91. The normalized spacial score (nSPS) is 12.3. The van der Waals surface area contributed by atoms with Gasteiger partial charge in [-0.2, -0.15) is 0 Å². The quantitative estimate of drug-likeness (QED) is 0.458. The van der Waals surface area contributed by atoms with Crippen LogP contribution in [0, 0.1) is 13.8 Å². The smallest absolute Gasteiger partial charge is 0.339 e. The van der Waals surface area contributed by atoms with E-state index in [1.165, 1.54) is 7.11 Å². The first-order chi connectivity index (χ1) is 14.3. The fourth-order valence-corrected chi connectivity index (χ4v) is 3.70. The van der Waals surface area contributed by atoms with Gasteiger partial charge in [0.2, 0.25) is 0 Å². The average Bonchev–Trinajstić information content (AvgIpc) is 3.04. The van der Waals surface area contributed by atoms with Gasteiger partial charge >= 0.3 is 5.97 Å². The minimum atomic E-state index is -0.492. The van der Waals surface area contributed by atoms with Gasteiger partial charge in [0, 0.05) is 5.69 Å². The number of ether oxygens (including phenoxy) is 1. The molecule has 1 aromatic carbocycles. The van der Waals surface area contributed by atoms with Crippen molar-refractivity contribution < 1.29 is 14.3 Å². The van der Waals surface area contributed by atoms with Gasteiger partial charge in [0.15, 0.2) is 5.78 Å². The Balaban J connectivity index is 1.88. The molecule has 0 radical (unpaired) electrons. The molecule has 0 aliphatic carbocycles. The average molecular weight is 410 g/mol. The van der Waals surface area contributed by atoms with E-state index < -0.39 is 12.0 Å². The van der Waals surface area contributed by atoms with Crippen LogP contribution < -0.4 is 5.56 Å². The minimum absolute atomic E-state index is 0.143. The first-order valence-electron chi connectivity index (χ1n) is 9.82. The summed E-state index contributed by atoms with van der Waals surface area (Å²) in [5, 5.41) is 0.529. The van der Waals surface area contributed by atoms with Gasteiger partial charge in [-0.25, -0.2) is 9.78 Å². The highest BCUT2D eigenvalue weighted by Crippen LogP contribution is 2.22. The summed E-state index contributed by atoms with van der Waals surface area (Å²) in [7, 11) is 1.31. The van der Waals surface area contributed by atoms with Gasteiger partial charge in [0.1, 0.15) is 5.82 Å². The van der Waals surface area contributed by atoms with Crippen LogP contribution in [-0.4, -0.2) is 51.3 Å². The Bertz CT molecular complexity index is 1160. The summed E-state index contributed by atoms with van der Waals surface area (Å²) < 4.78 is 4.82. The van der Waals surface area contributed by atoms with E-state index in [0.29, 0.717) is 52.3 Å². The number of likely N-dealkylation sites (N-methyl/N-ethyl adjacent to an activating group) is 1. The van der Waals surface area contributed by atoms with Gasteiger partial charge in [-0.15, -0.1) is 0 Å². The Morgan fingerprint density at radius 3 is 2.57 bits per heavy atom.